The molecule has 0 aliphatic carbocycles. The van der Waals surface area contributed by atoms with Crippen LogP contribution in [0.4, 0.5) is 4.79 Å². The molecule has 0 unspecified atom stereocenters. The summed E-state index contributed by atoms with van der Waals surface area (Å²) in [5.74, 6) is 0.455. The highest BCUT2D eigenvalue weighted by Crippen LogP contribution is 2.33. The van der Waals surface area contributed by atoms with Crippen molar-refractivity contribution in [3.8, 4) is 17.2 Å². The maximum absolute atomic E-state index is 13.6. The highest BCUT2D eigenvalue weighted by atomic mass is 16.6. The molecule has 2 aliphatic rings. The summed E-state index contributed by atoms with van der Waals surface area (Å²) < 4.78 is 21.9. The Hall–Kier alpha value is -4.53. The molecule has 0 fully saturated rings. The van der Waals surface area contributed by atoms with Crippen LogP contribution in [0.1, 0.15) is 16.7 Å². The minimum atomic E-state index is -0.992. The fourth-order valence-electron chi connectivity index (χ4n) is 4.16. The monoisotopic (exact) mass is 518 g/mol. The van der Waals surface area contributed by atoms with Crippen molar-refractivity contribution in [2.45, 2.75) is 31.5 Å². The van der Waals surface area contributed by atoms with Crippen LogP contribution in [0.25, 0.3) is 0 Å². The van der Waals surface area contributed by atoms with E-state index in [1.54, 1.807) is 37.4 Å². The molecule has 0 saturated carbocycles. The summed E-state index contributed by atoms with van der Waals surface area (Å²) >= 11 is 0. The third-order valence-corrected chi connectivity index (χ3v) is 6.31. The second kappa shape index (κ2) is 12.1. The molecule has 0 radical (unpaired) electrons. The van der Waals surface area contributed by atoms with E-state index in [0.29, 0.717) is 17.2 Å². The number of amides is 2. The van der Waals surface area contributed by atoms with Gasteiger partial charge in [0.15, 0.2) is 11.5 Å². The van der Waals surface area contributed by atoms with Gasteiger partial charge >= 0.3 is 12.1 Å². The number of ether oxygens (including phenoxy) is 4. The van der Waals surface area contributed by atoms with Crippen molar-refractivity contribution in [3.05, 3.63) is 89.5 Å². The number of fused-ring (bicyclic) bond motifs is 7. The largest absolute Gasteiger partial charge is 0.493 e. The van der Waals surface area contributed by atoms with Crippen LogP contribution >= 0.6 is 0 Å². The van der Waals surface area contributed by atoms with E-state index in [-0.39, 0.29) is 19.4 Å². The van der Waals surface area contributed by atoms with E-state index < -0.39 is 30.1 Å². The van der Waals surface area contributed by atoms with Gasteiger partial charge in [-0.05, 0) is 41.0 Å². The third-order valence-electron chi connectivity index (χ3n) is 6.31. The summed E-state index contributed by atoms with van der Waals surface area (Å²) in [6.07, 6.45) is -0.332. The Morgan fingerprint density at radius 1 is 0.974 bits per heavy atom. The van der Waals surface area contributed by atoms with E-state index in [2.05, 4.69) is 5.32 Å². The molecule has 0 saturated heterocycles. The molecule has 9 nitrogen and oxygen atoms in total. The topological polar surface area (TPSA) is 103 Å². The van der Waals surface area contributed by atoms with E-state index in [4.69, 9.17) is 18.9 Å². The van der Waals surface area contributed by atoms with E-state index in [9.17, 15) is 14.4 Å². The fourth-order valence-corrected chi connectivity index (χ4v) is 4.16. The van der Waals surface area contributed by atoms with Gasteiger partial charge in [0.1, 0.15) is 24.4 Å². The van der Waals surface area contributed by atoms with Gasteiger partial charge in [0.05, 0.1) is 14.2 Å². The lowest BCUT2D eigenvalue weighted by Crippen LogP contribution is -2.53. The number of hydrogen-bond donors (Lipinski definition) is 1. The van der Waals surface area contributed by atoms with Crippen LogP contribution in [-0.4, -0.2) is 56.2 Å². The van der Waals surface area contributed by atoms with Gasteiger partial charge in [0.2, 0.25) is 5.91 Å². The zero-order valence-electron chi connectivity index (χ0n) is 21.5. The van der Waals surface area contributed by atoms with Gasteiger partial charge in [-0.1, -0.05) is 48.5 Å². The zero-order chi connectivity index (χ0) is 27.1. The number of carbonyl (C=O) groups excluding carboxylic acids is 3. The van der Waals surface area contributed by atoms with Gasteiger partial charge in [-0.2, -0.15) is 0 Å². The number of likely N-dealkylation sites (N-methyl/N-ethyl adjacent to an activating group) is 1. The number of hydrogen-bond acceptors (Lipinski definition) is 7. The molecule has 38 heavy (non-hydrogen) atoms. The molecule has 4 bridgehead atoms. The van der Waals surface area contributed by atoms with Crippen molar-refractivity contribution < 1.29 is 33.3 Å². The van der Waals surface area contributed by atoms with Crippen LogP contribution in [0, 0.1) is 0 Å². The lowest BCUT2D eigenvalue weighted by atomic mass is 10.0. The fraction of sp³-hybridized carbons (Fsp3) is 0.276. The van der Waals surface area contributed by atoms with E-state index in [0.717, 1.165) is 16.7 Å². The van der Waals surface area contributed by atoms with Crippen LogP contribution in [0.5, 0.6) is 17.2 Å². The van der Waals surface area contributed by atoms with Crippen LogP contribution in [0.3, 0.4) is 0 Å². The Morgan fingerprint density at radius 2 is 1.68 bits per heavy atom. The maximum atomic E-state index is 13.6. The molecule has 2 aliphatic heterocycles. The third kappa shape index (κ3) is 6.42. The number of nitrogens with zero attached hydrogens (tertiary/aromatic N) is 1. The van der Waals surface area contributed by atoms with Crippen molar-refractivity contribution in [1.82, 2.24) is 10.2 Å². The summed E-state index contributed by atoms with van der Waals surface area (Å²) in [7, 11) is 4.30. The second-order valence-electron chi connectivity index (χ2n) is 8.89. The number of methoxy groups -OCH3 is 2. The summed E-state index contributed by atoms with van der Waals surface area (Å²) in [4.78, 5) is 40.4. The molecule has 198 valence electrons. The Morgan fingerprint density at radius 3 is 2.37 bits per heavy atom. The molecule has 2 amide bonds. The van der Waals surface area contributed by atoms with Crippen molar-refractivity contribution in [2.24, 2.45) is 0 Å². The molecule has 2 heterocycles. The molecule has 5 rings (SSSR count). The molecule has 2 atom stereocenters. The first-order valence-corrected chi connectivity index (χ1v) is 12.1. The lowest BCUT2D eigenvalue weighted by molar-refractivity contribution is -0.145. The zero-order valence-corrected chi connectivity index (χ0v) is 21.5. The Bertz CT molecular complexity index is 1280. The number of benzene rings is 3. The Labute approximate surface area is 221 Å². The SMILES string of the molecule is COC(=O)[C@@H]1Cc2ccc(OC)c(c2)Oc2ccc(cc2)C[C@H](N(C)C(=O)OCc2ccccc2)C(=O)N1. The first-order valence-electron chi connectivity index (χ1n) is 12.1. The first kappa shape index (κ1) is 26.5. The molecule has 0 spiro atoms. The molecular formula is C29H30N2O7. The number of rotatable bonds is 5. The van der Waals surface area contributed by atoms with Gasteiger partial charge in [-0.25, -0.2) is 9.59 Å². The van der Waals surface area contributed by atoms with Gasteiger partial charge in [0.25, 0.3) is 0 Å². The van der Waals surface area contributed by atoms with E-state index in [1.165, 1.54) is 19.1 Å². The van der Waals surface area contributed by atoms with Crippen LogP contribution in [0.2, 0.25) is 0 Å². The van der Waals surface area contributed by atoms with Crippen LogP contribution < -0.4 is 14.8 Å². The van der Waals surface area contributed by atoms with Crippen LogP contribution in [0.15, 0.2) is 72.8 Å². The molecular weight excluding hydrogens is 488 g/mol. The normalized spacial score (nSPS) is 16.9. The molecule has 1 N–H and O–H groups in total. The minimum Gasteiger partial charge on any atom is -0.493 e. The summed E-state index contributed by atoms with van der Waals surface area (Å²) in [5.41, 5.74) is 2.33. The minimum absolute atomic E-state index is 0.0645. The standard InChI is InChI=1S/C29H30N2O7/c1-31(29(34)37-18-20-7-5-4-6-8-20)24-16-19-9-12-22(13-10-19)38-26-17-21(11-14-25(26)35-2)15-23(28(33)36-3)30-27(24)32/h4-14,17,23-24H,15-16,18H2,1-3H3,(H,30,32)/t23-,24-/m0/s1. The van der Waals surface area contributed by atoms with Crippen molar-refractivity contribution in [2.75, 3.05) is 21.3 Å². The van der Waals surface area contributed by atoms with Crippen molar-refractivity contribution >= 4 is 18.0 Å². The summed E-state index contributed by atoms with van der Waals surface area (Å²) in [6.45, 7) is 0.0645. The van der Waals surface area contributed by atoms with Gasteiger partial charge in [-0.3, -0.25) is 9.69 Å². The van der Waals surface area contributed by atoms with Gasteiger partial charge in [-0.15, -0.1) is 0 Å². The van der Waals surface area contributed by atoms with E-state index >= 15 is 0 Å². The number of carbonyl (C=O) groups is 3. The predicted octanol–water partition coefficient (Wildman–Crippen LogP) is 3.88. The Balaban J connectivity index is 1.64. The molecule has 3 aromatic rings. The van der Waals surface area contributed by atoms with Crippen LogP contribution in [-0.2, 0) is 38.5 Å². The highest BCUT2D eigenvalue weighted by Gasteiger charge is 2.32. The van der Waals surface area contributed by atoms with Crippen molar-refractivity contribution in [3.63, 3.8) is 0 Å². The lowest BCUT2D eigenvalue weighted by Gasteiger charge is -2.29. The van der Waals surface area contributed by atoms with Gasteiger partial charge in [0, 0.05) is 19.9 Å². The molecule has 3 aromatic carbocycles. The van der Waals surface area contributed by atoms with Crippen molar-refractivity contribution in [1.29, 1.82) is 0 Å². The summed E-state index contributed by atoms with van der Waals surface area (Å²) in [5, 5.41) is 2.77. The maximum Gasteiger partial charge on any atom is 0.410 e. The predicted molar refractivity (Wildman–Crippen MR) is 139 cm³/mol. The van der Waals surface area contributed by atoms with Gasteiger partial charge < -0.3 is 24.3 Å². The smallest absolute Gasteiger partial charge is 0.410 e. The summed E-state index contributed by atoms with van der Waals surface area (Å²) in [6, 6.07) is 19.8. The Kier molecular flexibility index (Phi) is 8.47. The number of nitrogens with one attached hydrogen (secondary N) is 1. The molecule has 0 aromatic heterocycles. The highest BCUT2D eigenvalue weighted by molar-refractivity contribution is 5.90. The molecule has 9 heteroatoms. The number of esters is 1. The average molecular weight is 519 g/mol. The van der Waals surface area contributed by atoms with E-state index in [1.807, 2.05) is 42.5 Å². The average Bonchev–Trinajstić information content (AvgIpc) is 2.94. The first-order chi connectivity index (χ1) is 18.4. The quantitative estimate of drug-likeness (QED) is 0.511. The second-order valence-corrected chi connectivity index (χ2v) is 8.89.